The fourth-order valence-corrected chi connectivity index (χ4v) is 3.25. The van der Waals surface area contributed by atoms with Crippen LogP contribution in [0.2, 0.25) is 0 Å². The van der Waals surface area contributed by atoms with Gasteiger partial charge in [0.05, 0.1) is 6.10 Å². The minimum atomic E-state index is -0.222. The number of methoxy groups -OCH3 is 1. The lowest BCUT2D eigenvalue weighted by Gasteiger charge is -2.38. The Balaban J connectivity index is 1.65. The molecule has 1 aliphatic heterocycles. The summed E-state index contributed by atoms with van der Waals surface area (Å²) in [5.74, 6) is 0.112. The highest BCUT2D eigenvalue weighted by atomic mass is 19.1. The van der Waals surface area contributed by atoms with Crippen LogP contribution in [0.1, 0.15) is 22.3 Å². The fourth-order valence-electron chi connectivity index (χ4n) is 3.25. The summed E-state index contributed by atoms with van der Waals surface area (Å²) in [5.41, 5.74) is 1.74. The molecule has 1 aromatic heterocycles. The van der Waals surface area contributed by atoms with Gasteiger partial charge in [0, 0.05) is 38.2 Å². The largest absolute Gasteiger partial charge is 0.379 e. The van der Waals surface area contributed by atoms with E-state index < -0.39 is 0 Å². The molecule has 4 nitrogen and oxygen atoms in total. The molecule has 2 aromatic rings. The van der Waals surface area contributed by atoms with Gasteiger partial charge in [0.1, 0.15) is 5.82 Å². The Bertz CT molecular complexity index is 676. The highest BCUT2D eigenvalue weighted by Gasteiger charge is 2.31. The van der Waals surface area contributed by atoms with E-state index in [0.717, 1.165) is 18.4 Å². The van der Waals surface area contributed by atoms with Crippen molar-refractivity contribution in [1.29, 1.82) is 0 Å². The predicted molar refractivity (Wildman–Crippen MR) is 89.1 cm³/mol. The van der Waals surface area contributed by atoms with E-state index in [0.29, 0.717) is 24.6 Å². The average Bonchev–Trinajstić information content (AvgIpc) is 2.64. The number of rotatable bonds is 4. The van der Waals surface area contributed by atoms with E-state index in [1.807, 2.05) is 17.0 Å². The monoisotopic (exact) mass is 328 g/mol. The van der Waals surface area contributed by atoms with Crippen LogP contribution in [0, 0.1) is 11.7 Å². The standard InChI is InChI=1S/C19H21FN2O2/c1-24-18-13-22(19(23)15-6-9-21-10-7-15)11-8-16(18)12-14-2-4-17(20)5-3-14/h2-7,9-10,16,18H,8,11-13H2,1H3/t16-,18+/m1/s1. The third kappa shape index (κ3) is 3.79. The molecule has 0 saturated carbocycles. The van der Waals surface area contributed by atoms with Gasteiger partial charge in [-0.25, -0.2) is 4.39 Å². The first-order valence-electron chi connectivity index (χ1n) is 8.14. The van der Waals surface area contributed by atoms with Gasteiger partial charge in [0.25, 0.3) is 5.91 Å². The SMILES string of the molecule is CO[C@H]1CN(C(=O)c2ccncc2)CC[C@@H]1Cc1ccc(F)cc1. The number of pyridine rings is 1. The number of halogens is 1. The first-order chi connectivity index (χ1) is 11.7. The van der Waals surface area contributed by atoms with Crippen molar-refractivity contribution >= 4 is 5.91 Å². The minimum absolute atomic E-state index is 0.0136. The van der Waals surface area contributed by atoms with Gasteiger partial charge < -0.3 is 9.64 Å². The third-order valence-electron chi connectivity index (χ3n) is 4.62. The van der Waals surface area contributed by atoms with E-state index in [9.17, 15) is 9.18 Å². The summed E-state index contributed by atoms with van der Waals surface area (Å²) in [6.07, 6.45) is 4.93. The van der Waals surface area contributed by atoms with Crippen LogP contribution in [0.5, 0.6) is 0 Å². The zero-order chi connectivity index (χ0) is 16.9. The molecule has 0 N–H and O–H groups in total. The van der Waals surface area contributed by atoms with Gasteiger partial charge in [-0.15, -0.1) is 0 Å². The van der Waals surface area contributed by atoms with Crippen LogP contribution in [-0.2, 0) is 11.2 Å². The van der Waals surface area contributed by atoms with Crippen LogP contribution < -0.4 is 0 Å². The second-order valence-electron chi connectivity index (χ2n) is 6.14. The molecule has 24 heavy (non-hydrogen) atoms. The van der Waals surface area contributed by atoms with E-state index in [2.05, 4.69) is 4.98 Å². The number of hydrogen-bond acceptors (Lipinski definition) is 3. The summed E-state index contributed by atoms with van der Waals surface area (Å²) >= 11 is 0. The normalized spacial score (nSPS) is 20.8. The van der Waals surface area contributed by atoms with Gasteiger partial charge in [-0.1, -0.05) is 12.1 Å². The van der Waals surface area contributed by atoms with Crippen molar-refractivity contribution in [3.05, 3.63) is 65.7 Å². The highest BCUT2D eigenvalue weighted by molar-refractivity contribution is 5.94. The Labute approximate surface area is 141 Å². The van der Waals surface area contributed by atoms with Crippen LogP contribution in [0.25, 0.3) is 0 Å². The Morgan fingerprint density at radius 1 is 1.25 bits per heavy atom. The first kappa shape index (κ1) is 16.6. The van der Waals surface area contributed by atoms with Crippen LogP contribution in [0.3, 0.4) is 0 Å². The van der Waals surface area contributed by atoms with Crippen LogP contribution in [0.4, 0.5) is 4.39 Å². The zero-order valence-electron chi connectivity index (χ0n) is 13.7. The number of hydrogen-bond donors (Lipinski definition) is 0. The highest BCUT2D eigenvalue weighted by Crippen LogP contribution is 2.25. The molecule has 1 aliphatic rings. The summed E-state index contributed by atoms with van der Waals surface area (Å²) < 4.78 is 18.7. The third-order valence-corrected chi connectivity index (χ3v) is 4.62. The van der Waals surface area contributed by atoms with E-state index in [1.165, 1.54) is 12.1 Å². The van der Waals surface area contributed by atoms with Crippen LogP contribution >= 0.6 is 0 Å². The van der Waals surface area contributed by atoms with Crippen molar-refractivity contribution in [3.8, 4) is 0 Å². The van der Waals surface area contributed by atoms with E-state index in [4.69, 9.17) is 4.74 Å². The molecule has 0 spiro atoms. The Morgan fingerprint density at radius 3 is 2.62 bits per heavy atom. The zero-order valence-corrected chi connectivity index (χ0v) is 13.7. The van der Waals surface area contributed by atoms with Crippen LogP contribution in [-0.4, -0.2) is 42.1 Å². The smallest absolute Gasteiger partial charge is 0.254 e. The number of piperidine rings is 1. The number of ether oxygens (including phenoxy) is 1. The van der Waals surface area contributed by atoms with Gasteiger partial charge in [0.15, 0.2) is 0 Å². The number of carbonyl (C=O) groups excluding carboxylic acids is 1. The topological polar surface area (TPSA) is 42.4 Å². The van der Waals surface area contributed by atoms with E-state index in [-0.39, 0.29) is 17.8 Å². The lowest BCUT2D eigenvalue weighted by Crippen LogP contribution is -2.48. The molecule has 0 unspecified atom stereocenters. The molecule has 5 heteroatoms. The number of benzene rings is 1. The minimum Gasteiger partial charge on any atom is -0.379 e. The van der Waals surface area contributed by atoms with Crippen molar-refractivity contribution < 1.29 is 13.9 Å². The number of amides is 1. The number of aromatic nitrogens is 1. The average molecular weight is 328 g/mol. The first-order valence-corrected chi connectivity index (χ1v) is 8.14. The maximum atomic E-state index is 13.0. The van der Waals surface area contributed by atoms with Gasteiger partial charge >= 0.3 is 0 Å². The molecular weight excluding hydrogens is 307 g/mol. The Hall–Kier alpha value is -2.27. The molecule has 0 radical (unpaired) electrons. The van der Waals surface area contributed by atoms with Crippen molar-refractivity contribution in [1.82, 2.24) is 9.88 Å². The molecule has 1 fully saturated rings. The van der Waals surface area contributed by atoms with Gasteiger partial charge in [0.2, 0.25) is 0 Å². The molecule has 1 saturated heterocycles. The van der Waals surface area contributed by atoms with Crippen LogP contribution in [0.15, 0.2) is 48.8 Å². The molecule has 2 heterocycles. The molecule has 0 bridgehead atoms. The van der Waals surface area contributed by atoms with E-state index >= 15 is 0 Å². The molecule has 0 aliphatic carbocycles. The number of carbonyl (C=O) groups is 1. The quantitative estimate of drug-likeness (QED) is 0.867. The van der Waals surface area contributed by atoms with E-state index in [1.54, 1.807) is 31.6 Å². The molecule has 1 amide bonds. The van der Waals surface area contributed by atoms with Crippen molar-refractivity contribution in [2.45, 2.75) is 18.9 Å². The fraction of sp³-hybridized carbons (Fsp3) is 0.368. The molecule has 2 atom stereocenters. The lowest BCUT2D eigenvalue weighted by molar-refractivity contribution is -0.00697. The van der Waals surface area contributed by atoms with Crippen molar-refractivity contribution in [3.63, 3.8) is 0 Å². The lowest BCUT2D eigenvalue weighted by atomic mass is 9.87. The second-order valence-corrected chi connectivity index (χ2v) is 6.14. The van der Waals surface area contributed by atoms with Gasteiger partial charge in [-0.05, 0) is 48.6 Å². The molecule has 126 valence electrons. The maximum Gasteiger partial charge on any atom is 0.254 e. The summed E-state index contributed by atoms with van der Waals surface area (Å²) in [6.45, 7) is 1.27. The Kier molecular flexibility index (Phi) is 5.20. The molecular formula is C19H21FN2O2. The summed E-state index contributed by atoms with van der Waals surface area (Å²) in [7, 11) is 1.68. The summed E-state index contributed by atoms with van der Waals surface area (Å²) in [5, 5.41) is 0. The molecule has 3 rings (SSSR count). The maximum absolute atomic E-state index is 13.0. The summed E-state index contributed by atoms with van der Waals surface area (Å²) in [4.78, 5) is 18.3. The number of likely N-dealkylation sites (tertiary alicyclic amines) is 1. The predicted octanol–water partition coefficient (Wildman–Crippen LogP) is 2.94. The van der Waals surface area contributed by atoms with Gasteiger partial charge in [-0.2, -0.15) is 0 Å². The van der Waals surface area contributed by atoms with Crippen molar-refractivity contribution in [2.75, 3.05) is 20.2 Å². The molecule has 1 aromatic carbocycles. The van der Waals surface area contributed by atoms with Gasteiger partial charge in [-0.3, -0.25) is 9.78 Å². The summed E-state index contributed by atoms with van der Waals surface area (Å²) in [6, 6.07) is 10.1. The second kappa shape index (κ2) is 7.53. The number of nitrogens with zero attached hydrogens (tertiary/aromatic N) is 2. The Morgan fingerprint density at radius 2 is 1.96 bits per heavy atom. The van der Waals surface area contributed by atoms with Crippen molar-refractivity contribution in [2.24, 2.45) is 5.92 Å².